The lowest BCUT2D eigenvalue weighted by Crippen LogP contribution is -2.45. The number of fused-ring (bicyclic) bond motifs is 1. The fourth-order valence-electron chi connectivity index (χ4n) is 3.09. The number of nitrogens with one attached hydrogen (secondary N) is 1. The molecule has 1 amide bonds. The molecule has 1 aliphatic rings. The van der Waals surface area contributed by atoms with Crippen LogP contribution in [0, 0.1) is 11.8 Å². The van der Waals surface area contributed by atoms with E-state index < -0.39 is 5.97 Å². The summed E-state index contributed by atoms with van der Waals surface area (Å²) in [6.07, 6.45) is 0.508. The molecule has 1 saturated heterocycles. The molecule has 0 aliphatic carbocycles. The summed E-state index contributed by atoms with van der Waals surface area (Å²) in [6, 6.07) is 7.65. The predicted molar refractivity (Wildman–Crippen MR) is 86.8 cm³/mol. The Morgan fingerprint density at radius 1 is 1.36 bits per heavy atom. The first-order valence-electron chi connectivity index (χ1n) is 7.26. The van der Waals surface area contributed by atoms with E-state index in [1.807, 2.05) is 31.2 Å². The van der Waals surface area contributed by atoms with E-state index in [0.717, 1.165) is 15.4 Å². The second kappa shape index (κ2) is 5.76. The fourth-order valence-corrected chi connectivity index (χ4v) is 3.46. The van der Waals surface area contributed by atoms with E-state index in [-0.39, 0.29) is 17.7 Å². The number of carbonyl (C=O) groups is 2. The van der Waals surface area contributed by atoms with Crippen LogP contribution in [-0.2, 0) is 4.79 Å². The van der Waals surface area contributed by atoms with Gasteiger partial charge in [-0.1, -0.05) is 22.9 Å². The molecule has 22 heavy (non-hydrogen) atoms. The number of hydrogen-bond acceptors (Lipinski definition) is 2. The summed E-state index contributed by atoms with van der Waals surface area (Å²) < 4.78 is 0.967. The van der Waals surface area contributed by atoms with Crippen LogP contribution >= 0.6 is 15.9 Å². The lowest BCUT2D eigenvalue weighted by atomic mass is 9.87. The van der Waals surface area contributed by atoms with Crippen molar-refractivity contribution in [2.75, 3.05) is 13.1 Å². The number of aromatic nitrogens is 1. The number of amides is 1. The molecule has 1 aromatic carbocycles. The standard InChI is InChI=1S/C16H17BrN2O3/c1-9-8-19(5-4-12(9)16(21)22)15(20)14-7-10-6-11(17)2-3-13(10)18-14/h2-3,6-7,9,12,18H,4-5,8H2,1H3,(H,21,22). The van der Waals surface area contributed by atoms with Gasteiger partial charge in [0.25, 0.3) is 5.91 Å². The number of hydrogen-bond donors (Lipinski definition) is 2. The molecular formula is C16H17BrN2O3. The second-order valence-corrected chi connectivity index (χ2v) is 6.79. The molecule has 2 atom stereocenters. The topological polar surface area (TPSA) is 73.4 Å². The van der Waals surface area contributed by atoms with Crippen LogP contribution in [0.4, 0.5) is 0 Å². The summed E-state index contributed by atoms with van der Waals surface area (Å²) >= 11 is 3.42. The number of piperidine rings is 1. The maximum Gasteiger partial charge on any atom is 0.306 e. The third kappa shape index (κ3) is 2.75. The van der Waals surface area contributed by atoms with Crippen LogP contribution in [0.5, 0.6) is 0 Å². The number of rotatable bonds is 2. The molecule has 116 valence electrons. The van der Waals surface area contributed by atoms with Crippen molar-refractivity contribution in [1.29, 1.82) is 0 Å². The van der Waals surface area contributed by atoms with Gasteiger partial charge in [-0.25, -0.2) is 0 Å². The number of likely N-dealkylation sites (tertiary alicyclic amines) is 1. The molecule has 0 radical (unpaired) electrons. The third-order valence-electron chi connectivity index (χ3n) is 4.32. The molecule has 5 nitrogen and oxygen atoms in total. The minimum Gasteiger partial charge on any atom is -0.481 e. The number of H-pyrrole nitrogens is 1. The van der Waals surface area contributed by atoms with Gasteiger partial charge in [0.15, 0.2) is 0 Å². The quantitative estimate of drug-likeness (QED) is 0.859. The minimum absolute atomic E-state index is 0.0336. The zero-order valence-corrected chi connectivity index (χ0v) is 13.8. The lowest BCUT2D eigenvalue weighted by molar-refractivity contribution is -0.145. The smallest absolute Gasteiger partial charge is 0.306 e. The maximum atomic E-state index is 12.6. The number of carboxylic acid groups (broad SMARTS) is 1. The molecule has 3 rings (SSSR count). The number of benzene rings is 1. The van der Waals surface area contributed by atoms with Crippen molar-refractivity contribution in [2.24, 2.45) is 11.8 Å². The van der Waals surface area contributed by atoms with E-state index in [1.54, 1.807) is 4.90 Å². The van der Waals surface area contributed by atoms with Crippen molar-refractivity contribution in [3.63, 3.8) is 0 Å². The number of nitrogens with zero attached hydrogens (tertiary/aromatic N) is 1. The lowest BCUT2D eigenvalue weighted by Gasteiger charge is -2.34. The van der Waals surface area contributed by atoms with Gasteiger partial charge in [-0.3, -0.25) is 9.59 Å². The minimum atomic E-state index is -0.768. The van der Waals surface area contributed by atoms with Gasteiger partial charge in [-0.05, 0) is 36.6 Å². The molecule has 2 aromatic rings. The Bertz CT molecular complexity index is 740. The molecular weight excluding hydrogens is 348 g/mol. The Balaban J connectivity index is 1.80. The average Bonchev–Trinajstić information content (AvgIpc) is 2.88. The highest BCUT2D eigenvalue weighted by molar-refractivity contribution is 9.10. The van der Waals surface area contributed by atoms with Crippen LogP contribution in [0.25, 0.3) is 10.9 Å². The van der Waals surface area contributed by atoms with Gasteiger partial charge in [0.1, 0.15) is 5.69 Å². The number of halogens is 1. The molecule has 0 spiro atoms. The highest BCUT2D eigenvalue weighted by Gasteiger charge is 2.33. The Labute approximate surface area is 136 Å². The molecule has 6 heteroatoms. The van der Waals surface area contributed by atoms with Gasteiger partial charge in [-0.15, -0.1) is 0 Å². The summed E-state index contributed by atoms with van der Waals surface area (Å²) in [5.74, 6) is -1.23. The van der Waals surface area contributed by atoms with E-state index in [1.165, 1.54) is 0 Å². The Morgan fingerprint density at radius 2 is 2.14 bits per heavy atom. The zero-order chi connectivity index (χ0) is 15.9. The molecule has 0 saturated carbocycles. The van der Waals surface area contributed by atoms with Gasteiger partial charge in [-0.2, -0.15) is 0 Å². The molecule has 1 fully saturated rings. The largest absolute Gasteiger partial charge is 0.481 e. The third-order valence-corrected chi connectivity index (χ3v) is 4.82. The van der Waals surface area contributed by atoms with Gasteiger partial charge < -0.3 is 15.0 Å². The molecule has 1 aromatic heterocycles. The molecule has 0 bridgehead atoms. The predicted octanol–water partition coefficient (Wildman–Crippen LogP) is 3.11. The molecule has 2 N–H and O–H groups in total. The SMILES string of the molecule is CC1CN(C(=O)c2cc3cc(Br)ccc3[nH]2)CCC1C(=O)O. The van der Waals surface area contributed by atoms with Gasteiger partial charge in [0.05, 0.1) is 5.92 Å². The second-order valence-electron chi connectivity index (χ2n) is 5.88. The first kappa shape index (κ1) is 15.1. The van der Waals surface area contributed by atoms with Crippen LogP contribution in [-0.4, -0.2) is 40.0 Å². The van der Waals surface area contributed by atoms with Crippen molar-refractivity contribution in [3.05, 3.63) is 34.4 Å². The van der Waals surface area contributed by atoms with Crippen molar-refractivity contribution in [3.8, 4) is 0 Å². The molecule has 1 aliphatic heterocycles. The summed E-state index contributed by atoms with van der Waals surface area (Å²) in [6.45, 7) is 2.86. The first-order chi connectivity index (χ1) is 10.5. The molecule has 2 heterocycles. The summed E-state index contributed by atoms with van der Waals surface area (Å²) in [7, 11) is 0. The van der Waals surface area contributed by atoms with Gasteiger partial charge in [0, 0.05) is 28.5 Å². The Kier molecular flexibility index (Phi) is 3.95. The normalized spacial score (nSPS) is 22.0. The van der Waals surface area contributed by atoms with Gasteiger partial charge in [0.2, 0.25) is 0 Å². The summed E-state index contributed by atoms with van der Waals surface area (Å²) in [5, 5.41) is 10.1. The number of aliphatic carboxylic acids is 1. The van der Waals surface area contributed by atoms with Crippen molar-refractivity contribution in [2.45, 2.75) is 13.3 Å². The van der Waals surface area contributed by atoms with E-state index in [2.05, 4.69) is 20.9 Å². The zero-order valence-electron chi connectivity index (χ0n) is 12.2. The Hall–Kier alpha value is -1.82. The van der Waals surface area contributed by atoms with Crippen LogP contribution in [0.3, 0.4) is 0 Å². The first-order valence-corrected chi connectivity index (χ1v) is 8.05. The van der Waals surface area contributed by atoms with Crippen LogP contribution < -0.4 is 0 Å². The highest BCUT2D eigenvalue weighted by atomic mass is 79.9. The maximum absolute atomic E-state index is 12.6. The van der Waals surface area contributed by atoms with Crippen LogP contribution in [0.2, 0.25) is 0 Å². The van der Waals surface area contributed by atoms with E-state index >= 15 is 0 Å². The fraction of sp³-hybridized carbons (Fsp3) is 0.375. The highest BCUT2D eigenvalue weighted by Crippen LogP contribution is 2.26. The van der Waals surface area contributed by atoms with Crippen LogP contribution in [0.1, 0.15) is 23.8 Å². The van der Waals surface area contributed by atoms with E-state index in [0.29, 0.717) is 25.2 Å². The van der Waals surface area contributed by atoms with Crippen LogP contribution in [0.15, 0.2) is 28.7 Å². The van der Waals surface area contributed by atoms with Gasteiger partial charge >= 0.3 is 5.97 Å². The van der Waals surface area contributed by atoms with Crippen molar-refractivity contribution >= 4 is 38.7 Å². The monoisotopic (exact) mass is 364 g/mol. The average molecular weight is 365 g/mol. The summed E-state index contributed by atoms with van der Waals surface area (Å²) in [4.78, 5) is 28.6. The van der Waals surface area contributed by atoms with Crippen molar-refractivity contribution in [1.82, 2.24) is 9.88 Å². The van der Waals surface area contributed by atoms with Crippen molar-refractivity contribution < 1.29 is 14.7 Å². The van der Waals surface area contributed by atoms with E-state index in [9.17, 15) is 9.59 Å². The molecule has 2 unspecified atom stereocenters. The Morgan fingerprint density at radius 3 is 2.82 bits per heavy atom. The number of carboxylic acids is 1. The summed E-state index contributed by atoms with van der Waals surface area (Å²) in [5.41, 5.74) is 1.47. The number of carbonyl (C=O) groups excluding carboxylic acids is 1. The number of aromatic amines is 1. The van der Waals surface area contributed by atoms with E-state index in [4.69, 9.17) is 5.11 Å².